The molecule has 0 atom stereocenters. The van der Waals surface area contributed by atoms with Gasteiger partial charge in [0, 0.05) is 0 Å². The molecule has 0 unspecified atom stereocenters. The zero-order chi connectivity index (χ0) is 22.3. The summed E-state index contributed by atoms with van der Waals surface area (Å²) in [4.78, 5) is 0. The lowest BCUT2D eigenvalue weighted by molar-refractivity contribution is -0.906. The van der Waals surface area contributed by atoms with Gasteiger partial charge in [0.15, 0.2) is 0 Å². The van der Waals surface area contributed by atoms with Crippen LogP contribution in [0.3, 0.4) is 0 Å². The molecule has 2 N–H and O–H groups in total. The molecule has 0 saturated carbocycles. The average Bonchev–Trinajstić information content (AvgIpc) is 2.66. The van der Waals surface area contributed by atoms with Gasteiger partial charge in [-0.05, 0) is 48.6 Å². The van der Waals surface area contributed by atoms with E-state index in [-0.39, 0.29) is 0 Å². The molecule has 0 aliphatic rings. The largest absolute Gasteiger partial charge is 0.311 e. The summed E-state index contributed by atoms with van der Waals surface area (Å²) in [6, 6.07) is 0. The Morgan fingerprint density at radius 2 is 0.464 bits per heavy atom. The first-order valence-corrected chi connectivity index (χ1v) is 9.26. The molecular weight excluding hydrogens is 348 g/mol. The monoisotopic (exact) mass is 390 g/mol. The minimum atomic E-state index is 0.903. The van der Waals surface area contributed by atoms with Crippen molar-refractivity contribution < 1.29 is 19.5 Å². The quantitative estimate of drug-likeness (QED) is 0.166. The van der Waals surface area contributed by atoms with Crippen molar-refractivity contribution in [2.45, 2.75) is 0 Å². The first-order valence-electron chi connectivity index (χ1n) is 9.26. The van der Waals surface area contributed by atoms with Crippen LogP contribution in [0.5, 0.6) is 0 Å². The molecule has 0 aromatic heterocycles. The molecule has 0 aromatic rings. The van der Waals surface area contributed by atoms with Gasteiger partial charge in [0.05, 0.1) is 52.4 Å². The van der Waals surface area contributed by atoms with Crippen LogP contribution in [-0.2, 0) is 0 Å². The fourth-order valence-corrected chi connectivity index (χ4v) is 3.09. The molecule has 28 heavy (non-hydrogen) atoms. The fourth-order valence-electron chi connectivity index (χ4n) is 3.09. The van der Waals surface area contributed by atoms with E-state index in [0.29, 0.717) is 0 Å². The van der Waals surface area contributed by atoms with Crippen LogP contribution in [0.25, 0.3) is 0 Å². The van der Waals surface area contributed by atoms with Crippen molar-refractivity contribution in [3.05, 3.63) is 101 Å². The van der Waals surface area contributed by atoms with E-state index >= 15 is 0 Å². The third kappa shape index (κ3) is 13.9. The maximum atomic E-state index is 6.00. The normalized spacial score (nSPS) is 9.93. The highest BCUT2D eigenvalue weighted by molar-refractivity contribution is 4.80. The summed E-state index contributed by atoms with van der Waals surface area (Å²) in [5.74, 6) is 0. The van der Waals surface area contributed by atoms with Gasteiger partial charge in [-0.25, -0.2) is 0 Å². The molecule has 0 bridgehead atoms. The Labute approximate surface area is 173 Å². The van der Waals surface area contributed by atoms with Crippen LogP contribution in [-0.4, -0.2) is 71.8 Å². The molecule has 4 heteroatoms. The molecule has 158 valence electrons. The highest BCUT2D eigenvalue weighted by Gasteiger charge is 2.21. The number of nitrogens with zero attached hydrogens (tertiary/aromatic N) is 2. The van der Waals surface area contributed by atoms with Crippen LogP contribution in [0.1, 0.15) is 0 Å². The minimum Gasteiger partial charge on any atom is -0.311 e. The number of quaternary nitrogens is 2. The summed E-state index contributed by atoms with van der Waals surface area (Å²) in [7, 11) is 0. The van der Waals surface area contributed by atoms with Gasteiger partial charge in [0.2, 0.25) is 0 Å². The lowest BCUT2D eigenvalue weighted by atomic mass is 10.3. The predicted octanol–water partition coefficient (Wildman–Crippen LogP) is 5.11. The predicted molar refractivity (Wildman–Crippen MR) is 126 cm³/mol. The van der Waals surface area contributed by atoms with E-state index in [2.05, 4.69) is 52.6 Å². The van der Waals surface area contributed by atoms with Crippen LogP contribution in [0.4, 0.5) is 0 Å². The Morgan fingerprint density at radius 1 is 0.357 bits per heavy atom. The van der Waals surface area contributed by atoms with Crippen LogP contribution < -0.4 is 0 Å². The molecule has 0 rings (SSSR count). The summed E-state index contributed by atoms with van der Waals surface area (Å²) >= 11 is 0. The van der Waals surface area contributed by atoms with Crippen molar-refractivity contribution in [2.75, 3.05) is 52.4 Å². The molecular formula is C24H42N2O2+2. The highest BCUT2D eigenvalue weighted by atomic mass is 17.0. The zero-order valence-corrected chi connectivity index (χ0v) is 17.7. The molecule has 0 saturated heterocycles. The van der Waals surface area contributed by atoms with Crippen molar-refractivity contribution in [3.8, 4) is 0 Å². The maximum absolute atomic E-state index is 6.00. The van der Waals surface area contributed by atoms with E-state index in [4.69, 9.17) is 10.5 Å². The van der Waals surface area contributed by atoms with Gasteiger partial charge in [-0.1, -0.05) is 52.6 Å². The number of hydrogen-bond donors (Lipinski definition) is 2. The third-order valence-electron chi connectivity index (χ3n) is 4.13. The van der Waals surface area contributed by atoms with E-state index < -0.39 is 0 Å². The lowest BCUT2D eigenvalue weighted by Crippen LogP contribution is -2.48. The number of rotatable bonds is 16. The Kier molecular flexibility index (Phi) is 22.9. The lowest BCUT2D eigenvalue weighted by Gasteiger charge is -2.35. The summed E-state index contributed by atoms with van der Waals surface area (Å²) in [6.45, 7) is 37.7. The van der Waals surface area contributed by atoms with Crippen molar-refractivity contribution in [1.29, 1.82) is 0 Å². The Hall–Kier alpha value is -2.24. The molecule has 0 aromatic carbocycles. The molecule has 4 nitrogen and oxygen atoms in total. The van der Waals surface area contributed by atoms with Gasteiger partial charge < -0.3 is 8.97 Å². The third-order valence-corrected chi connectivity index (χ3v) is 4.13. The first-order chi connectivity index (χ1) is 13.5. The Bertz CT molecular complexity index is 346. The van der Waals surface area contributed by atoms with E-state index in [1.807, 2.05) is 48.6 Å². The summed E-state index contributed by atoms with van der Waals surface area (Å²) in [5.41, 5.74) is 0. The highest BCUT2D eigenvalue weighted by Crippen LogP contribution is 2.08. The molecule has 0 fully saturated rings. The second kappa shape index (κ2) is 21.1. The Morgan fingerprint density at radius 3 is 0.536 bits per heavy atom. The van der Waals surface area contributed by atoms with Gasteiger partial charge in [0.1, 0.15) is 0 Å². The molecule has 0 aliphatic heterocycles. The van der Waals surface area contributed by atoms with Crippen LogP contribution in [0.2, 0.25) is 0 Å². The second-order valence-corrected chi connectivity index (χ2v) is 6.45. The summed E-state index contributed by atoms with van der Waals surface area (Å²) < 4.78 is 1.81. The van der Waals surface area contributed by atoms with Crippen molar-refractivity contribution in [2.24, 2.45) is 0 Å². The van der Waals surface area contributed by atoms with Crippen LogP contribution >= 0.6 is 0 Å². The molecule has 0 spiro atoms. The standard InChI is InChI=1S/2C12H20N.H2O2/c2*1-5-9-13(10-6-2,11-7-3)12-8-4;1-2/h2*5-8H,1-4,9-12H2;1-2H/q2*+1;. The van der Waals surface area contributed by atoms with E-state index in [0.717, 1.165) is 61.3 Å². The van der Waals surface area contributed by atoms with Gasteiger partial charge in [0.25, 0.3) is 0 Å². The van der Waals surface area contributed by atoms with Gasteiger partial charge in [-0.3, -0.25) is 10.5 Å². The fraction of sp³-hybridized carbons (Fsp3) is 0.333. The zero-order valence-electron chi connectivity index (χ0n) is 17.7. The van der Waals surface area contributed by atoms with Crippen molar-refractivity contribution in [3.63, 3.8) is 0 Å². The topological polar surface area (TPSA) is 40.5 Å². The first kappa shape index (κ1) is 30.5. The van der Waals surface area contributed by atoms with Crippen LogP contribution in [0, 0.1) is 0 Å². The van der Waals surface area contributed by atoms with Crippen molar-refractivity contribution in [1.82, 2.24) is 0 Å². The maximum Gasteiger partial charge on any atom is 0.0978 e. The minimum absolute atomic E-state index is 0.903. The van der Waals surface area contributed by atoms with E-state index in [9.17, 15) is 0 Å². The van der Waals surface area contributed by atoms with Gasteiger partial charge in [-0.2, -0.15) is 0 Å². The van der Waals surface area contributed by atoms with Gasteiger partial charge in [-0.15, -0.1) is 0 Å². The van der Waals surface area contributed by atoms with Crippen LogP contribution in [0.15, 0.2) is 101 Å². The number of hydrogen-bond acceptors (Lipinski definition) is 2. The van der Waals surface area contributed by atoms with Crippen molar-refractivity contribution >= 4 is 0 Å². The molecule has 0 radical (unpaired) electrons. The molecule has 0 heterocycles. The van der Waals surface area contributed by atoms with Gasteiger partial charge >= 0.3 is 0 Å². The smallest absolute Gasteiger partial charge is 0.0978 e. The summed E-state index contributed by atoms with van der Waals surface area (Å²) in [6.07, 6.45) is 15.5. The Balaban J connectivity index is -0.000000410. The SMILES string of the molecule is C=CC[N+](CC=C)(CC=C)CC=C.C=CC[N+](CC=C)(CC=C)CC=C.OO. The molecule has 0 aliphatic carbocycles. The second-order valence-electron chi connectivity index (χ2n) is 6.45. The van der Waals surface area contributed by atoms with E-state index in [1.54, 1.807) is 0 Å². The van der Waals surface area contributed by atoms with E-state index in [1.165, 1.54) is 0 Å². The molecule has 0 amide bonds. The average molecular weight is 391 g/mol. The summed E-state index contributed by atoms with van der Waals surface area (Å²) in [5, 5.41) is 12.0.